The van der Waals surface area contributed by atoms with Crippen LogP contribution in [0.25, 0.3) is 11.1 Å². The van der Waals surface area contributed by atoms with Gasteiger partial charge in [0, 0.05) is 12.6 Å². The second-order valence-electron chi connectivity index (χ2n) is 6.54. The molecule has 0 saturated carbocycles. The van der Waals surface area contributed by atoms with Crippen LogP contribution in [0.15, 0.2) is 21.5 Å². The summed E-state index contributed by atoms with van der Waals surface area (Å²) < 4.78 is 12.9. The zero-order valence-corrected chi connectivity index (χ0v) is 14.2. The van der Waals surface area contributed by atoms with E-state index in [-0.39, 0.29) is 24.6 Å². The van der Waals surface area contributed by atoms with E-state index in [1.54, 1.807) is 6.20 Å². The number of aryl methyl sites for hydroxylation is 1. The maximum Gasteiger partial charge on any atom is 0.353 e. The molecule has 0 spiro atoms. The zero-order chi connectivity index (χ0) is 16.9. The van der Waals surface area contributed by atoms with Crippen molar-refractivity contribution in [2.24, 2.45) is 0 Å². The van der Waals surface area contributed by atoms with E-state index in [9.17, 15) is 4.79 Å². The molecule has 0 aliphatic carbocycles. The van der Waals surface area contributed by atoms with E-state index < -0.39 is 0 Å². The second kappa shape index (κ2) is 7.94. The van der Waals surface area contributed by atoms with Gasteiger partial charge in [0.25, 0.3) is 0 Å². The number of aromatic nitrogens is 2. The van der Waals surface area contributed by atoms with Gasteiger partial charge in [-0.25, -0.2) is 4.79 Å². The molecule has 2 aromatic heterocycles. The highest BCUT2D eigenvalue weighted by Crippen LogP contribution is 2.28. The molecule has 24 heavy (non-hydrogen) atoms. The van der Waals surface area contributed by atoms with Crippen molar-refractivity contribution in [2.45, 2.75) is 70.6 Å². The summed E-state index contributed by atoms with van der Waals surface area (Å²) >= 11 is 0. The van der Waals surface area contributed by atoms with Crippen molar-refractivity contribution >= 4 is 11.1 Å². The first-order valence-electron chi connectivity index (χ1n) is 8.99. The molecular weight excluding hydrogens is 308 g/mol. The lowest BCUT2D eigenvalue weighted by atomic mass is 10.1. The highest BCUT2D eigenvalue weighted by atomic mass is 16.5. The fourth-order valence-corrected chi connectivity index (χ4v) is 3.24. The molecule has 2 atom stereocenters. The van der Waals surface area contributed by atoms with Gasteiger partial charge in [-0.1, -0.05) is 32.6 Å². The molecule has 2 aromatic rings. The van der Waals surface area contributed by atoms with Crippen LogP contribution in [-0.4, -0.2) is 27.4 Å². The Balaban J connectivity index is 1.70. The Morgan fingerprint density at radius 1 is 1.29 bits per heavy atom. The third kappa shape index (κ3) is 3.87. The van der Waals surface area contributed by atoms with Gasteiger partial charge in [-0.15, -0.1) is 0 Å². The molecule has 1 aliphatic heterocycles. The van der Waals surface area contributed by atoms with Crippen molar-refractivity contribution in [1.29, 1.82) is 0 Å². The van der Waals surface area contributed by atoms with Gasteiger partial charge in [-0.3, -0.25) is 4.57 Å². The molecule has 1 saturated heterocycles. The van der Waals surface area contributed by atoms with Crippen molar-refractivity contribution in [2.75, 3.05) is 6.61 Å². The van der Waals surface area contributed by atoms with Gasteiger partial charge in [-0.2, -0.15) is 4.98 Å². The molecule has 6 heteroatoms. The summed E-state index contributed by atoms with van der Waals surface area (Å²) in [5.74, 6) is 0.881. The van der Waals surface area contributed by atoms with Crippen LogP contribution in [0.4, 0.5) is 0 Å². The Morgan fingerprint density at radius 2 is 2.12 bits per heavy atom. The normalized spacial score (nSPS) is 20.9. The van der Waals surface area contributed by atoms with E-state index >= 15 is 0 Å². The second-order valence-corrected chi connectivity index (χ2v) is 6.54. The number of unbranched alkanes of at least 4 members (excludes halogenated alkanes) is 4. The first-order valence-corrected chi connectivity index (χ1v) is 8.99. The third-order valence-electron chi connectivity index (χ3n) is 4.61. The van der Waals surface area contributed by atoms with Gasteiger partial charge in [0.05, 0.1) is 18.1 Å². The molecule has 0 aromatic carbocycles. The standard InChI is InChI=1S/C18H26N2O4/c1-2-3-4-5-6-7-14-10-13-11-20(18(22)19-17(13)24-14)16-9-8-15(12-21)23-16/h10-11,15-16,21H,2-9,12H2,1H3/t15-,16+/m1/s1. The van der Waals surface area contributed by atoms with E-state index in [0.29, 0.717) is 12.1 Å². The minimum atomic E-state index is -0.366. The zero-order valence-electron chi connectivity index (χ0n) is 14.2. The van der Waals surface area contributed by atoms with Gasteiger partial charge in [0.1, 0.15) is 12.0 Å². The molecule has 0 bridgehead atoms. The van der Waals surface area contributed by atoms with Gasteiger partial charge < -0.3 is 14.3 Å². The van der Waals surface area contributed by atoms with E-state index in [2.05, 4.69) is 11.9 Å². The molecule has 0 unspecified atom stereocenters. The highest BCUT2D eigenvalue weighted by molar-refractivity contribution is 5.72. The number of hydrogen-bond donors (Lipinski definition) is 1. The monoisotopic (exact) mass is 334 g/mol. The van der Waals surface area contributed by atoms with Crippen LogP contribution in [0, 0.1) is 0 Å². The molecule has 1 fully saturated rings. The fourth-order valence-electron chi connectivity index (χ4n) is 3.24. The third-order valence-corrected chi connectivity index (χ3v) is 4.61. The van der Waals surface area contributed by atoms with Crippen molar-refractivity contribution in [1.82, 2.24) is 9.55 Å². The van der Waals surface area contributed by atoms with Gasteiger partial charge >= 0.3 is 5.69 Å². The van der Waals surface area contributed by atoms with Crippen LogP contribution in [0.1, 0.15) is 63.9 Å². The van der Waals surface area contributed by atoms with Crippen LogP contribution in [0.2, 0.25) is 0 Å². The lowest BCUT2D eigenvalue weighted by Gasteiger charge is -2.14. The minimum absolute atomic E-state index is 0.0190. The average molecular weight is 334 g/mol. The highest BCUT2D eigenvalue weighted by Gasteiger charge is 2.27. The van der Waals surface area contributed by atoms with E-state index in [1.807, 2.05) is 6.07 Å². The molecule has 0 amide bonds. The summed E-state index contributed by atoms with van der Waals surface area (Å²) in [6, 6.07) is 1.97. The number of aliphatic hydroxyl groups excluding tert-OH is 1. The van der Waals surface area contributed by atoms with Gasteiger partial charge in [-0.05, 0) is 25.3 Å². The van der Waals surface area contributed by atoms with E-state index in [0.717, 1.165) is 30.4 Å². The first kappa shape index (κ1) is 17.2. The predicted octanol–water partition coefficient (Wildman–Crippen LogP) is 3.17. The number of fused-ring (bicyclic) bond motifs is 1. The maximum atomic E-state index is 12.2. The quantitative estimate of drug-likeness (QED) is 0.750. The number of hydrogen-bond acceptors (Lipinski definition) is 5. The molecule has 3 rings (SSSR count). The number of rotatable bonds is 8. The lowest BCUT2D eigenvalue weighted by Crippen LogP contribution is -2.27. The summed E-state index contributed by atoms with van der Waals surface area (Å²) in [7, 11) is 0. The van der Waals surface area contributed by atoms with Crippen molar-refractivity contribution < 1.29 is 14.3 Å². The average Bonchev–Trinajstić information content (AvgIpc) is 3.19. The number of furan rings is 1. The van der Waals surface area contributed by atoms with E-state index in [1.165, 1.54) is 30.3 Å². The summed E-state index contributed by atoms with van der Waals surface area (Å²) in [5, 5.41) is 10.00. The SMILES string of the molecule is CCCCCCCc1cc2cn([C@@H]3CC[C@H](CO)O3)c(=O)nc2o1. The van der Waals surface area contributed by atoms with Gasteiger partial charge in [0.2, 0.25) is 5.71 Å². The first-order chi connectivity index (χ1) is 11.7. The molecule has 0 radical (unpaired) electrons. The Bertz CT molecular complexity index is 721. The fraction of sp³-hybridized carbons (Fsp3) is 0.667. The van der Waals surface area contributed by atoms with Crippen molar-refractivity contribution in [3.05, 3.63) is 28.5 Å². The molecule has 6 nitrogen and oxygen atoms in total. The summed E-state index contributed by atoms with van der Waals surface area (Å²) in [6.45, 7) is 2.19. The number of ether oxygens (including phenoxy) is 1. The lowest BCUT2D eigenvalue weighted by molar-refractivity contribution is -0.0243. The van der Waals surface area contributed by atoms with Crippen LogP contribution in [0.5, 0.6) is 0 Å². The maximum absolute atomic E-state index is 12.2. The largest absolute Gasteiger partial charge is 0.443 e. The summed E-state index contributed by atoms with van der Waals surface area (Å²) in [6.07, 6.45) is 9.61. The summed E-state index contributed by atoms with van der Waals surface area (Å²) in [4.78, 5) is 16.3. The van der Waals surface area contributed by atoms with Crippen LogP contribution in [0.3, 0.4) is 0 Å². The molecular formula is C18H26N2O4. The predicted molar refractivity (Wildman–Crippen MR) is 91.0 cm³/mol. The van der Waals surface area contributed by atoms with Crippen LogP contribution in [-0.2, 0) is 11.2 Å². The topological polar surface area (TPSA) is 77.5 Å². The molecule has 132 valence electrons. The number of aliphatic hydroxyl groups is 1. The Kier molecular flexibility index (Phi) is 5.68. The number of nitrogens with zero attached hydrogens (tertiary/aromatic N) is 2. The van der Waals surface area contributed by atoms with E-state index in [4.69, 9.17) is 14.3 Å². The van der Waals surface area contributed by atoms with Gasteiger partial charge in [0.15, 0.2) is 0 Å². The Labute approximate surface area is 141 Å². The Hall–Kier alpha value is -1.66. The molecule has 3 heterocycles. The van der Waals surface area contributed by atoms with Crippen LogP contribution < -0.4 is 5.69 Å². The smallest absolute Gasteiger partial charge is 0.353 e. The van der Waals surface area contributed by atoms with Crippen LogP contribution >= 0.6 is 0 Å². The molecule has 1 aliphatic rings. The summed E-state index contributed by atoms with van der Waals surface area (Å²) in [5.41, 5.74) is 0.0337. The van der Waals surface area contributed by atoms with Crippen molar-refractivity contribution in [3.63, 3.8) is 0 Å². The van der Waals surface area contributed by atoms with Crippen molar-refractivity contribution in [3.8, 4) is 0 Å². The minimum Gasteiger partial charge on any atom is -0.443 e. The Morgan fingerprint density at radius 3 is 2.88 bits per heavy atom. The molecule has 1 N–H and O–H groups in total.